The van der Waals surface area contributed by atoms with Gasteiger partial charge in [-0.15, -0.1) is 0 Å². The van der Waals surface area contributed by atoms with Crippen molar-refractivity contribution in [2.45, 2.75) is 33.1 Å². The molecule has 0 atom stereocenters. The molecule has 2 N–H and O–H groups in total. The normalized spacial score (nSPS) is 10.9. The number of hydrogen-bond donors (Lipinski definition) is 2. The SMILES string of the molecule is Cc1c(O)ccc(CCCc2ccc(O)c(C)c2-c2ccccc2)c1-c1ccccc1. The van der Waals surface area contributed by atoms with Crippen molar-refractivity contribution in [2.75, 3.05) is 0 Å². The predicted molar refractivity (Wildman–Crippen MR) is 129 cm³/mol. The van der Waals surface area contributed by atoms with Gasteiger partial charge in [0.1, 0.15) is 11.5 Å². The molecular formula is C29H28O2. The molecule has 0 heterocycles. The van der Waals surface area contributed by atoms with E-state index in [0.29, 0.717) is 11.5 Å². The standard InChI is InChI=1S/C29H28O2/c1-20-26(30)18-16-24(28(20)22-10-5-3-6-11-22)14-9-15-25-17-19-27(31)21(2)29(25)23-12-7-4-8-13-23/h3-8,10-13,16-19,30-31H,9,14-15H2,1-2H3. The number of aryl methyl sites for hydroxylation is 2. The number of aromatic hydroxyl groups is 2. The second kappa shape index (κ2) is 9.09. The first-order valence-electron chi connectivity index (χ1n) is 10.8. The number of phenols is 2. The molecule has 0 spiro atoms. The Kier molecular flexibility index (Phi) is 6.08. The van der Waals surface area contributed by atoms with E-state index >= 15 is 0 Å². The van der Waals surface area contributed by atoms with Gasteiger partial charge < -0.3 is 10.2 Å². The molecule has 0 saturated heterocycles. The number of benzene rings is 4. The van der Waals surface area contributed by atoms with Gasteiger partial charge in [0.2, 0.25) is 0 Å². The molecule has 0 aromatic heterocycles. The monoisotopic (exact) mass is 408 g/mol. The highest BCUT2D eigenvalue weighted by atomic mass is 16.3. The van der Waals surface area contributed by atoms with E-state index < -0.39 is 0 Å². The number of hydrogen-bond acceptors (Lipinski definition) is 2. The van der Waals surface area contributed by atoms with Crippen molar-refractivity contribution >= 4 is 0 Å². The molecule has 0 aliphatic carbocycles. The molecule has 4 aromatic rings. The Labute approximate surface area is 184 Å². The predicted octanol–water partition coefficient (Wildman–Crippen LogP) is 7.22. The van der Waals surface area contributed by atoms with Crippen LogP contribution < -0.4 is 0 Å². The molecule has 156 valence electrons. The Morgan fingerprint density at radius 1 is 0.516 bits per heavy atom. The maximum Gasteiger partial charge on any atom is 0.119 e. The van der Waals surface area contributed by atoms with Crippen LogP contribution in [0.15, 0.2) is 84.9 Å². The van der Waals surface area contributed by atoms with Crippen LogP contribution in [-0.4, -0.2) is 10.2 Å². The highest BCUT2D eigenvalue weighted by Crippen LogP contribution is 2.36. The Balaban J connectivity index is 1.62. The average molecular weight is 409 g/mol. The third-order valence-corrected chi connectivity index (χ3v) is 6.06. The molecule has 0 radical (unpaired) electrons. The molecule has 2 heteroatoms. The van der Waals surface area contributed by atoms with Crippen LogP contribution in [0.5, 0.6) is 11.5 Å². The summed E-state index contributed by atoms with van der Waals surface area (Å²) in [5.41, 5.74) is 8.88. The van der Waals surface area contributed by atoms with Crippen LogP contribution in [0.3, 0.4) is 0 Å². The van der Waals surface area contributed by atoms with Crippen LogP contribution in [0.2, 0.25) is 0 Å². The van der Waals surface area contributed by atoms with Crippen LogP contribution in [0.1, 0.15) is 28.7 Å². The van der Waals surface area contributed by atoms with E-state index in [1.807, 2.05) is 62.4 Å². The summed E-state index contributed by atoms with van der Waals surface area (Å²) in [7, 11) is 0. The summed E-state index contributed by atoms with van der Waals surface area (Å²) in [5.74, 6) is 0.672. The summed E-state index contributed by atoms with van der Waals surface area (Å²) in [6.45, 7) is 3.97. The van der Waals surface area contributed by atoms with E-state index in [0.717, 1.165) is 52.6 Å². The lowest BCUT2D eigenvalue weighted by Crippen LogP contribution is -1.98. The fourth-order valence-electron chi connectivity index (χ4n) is 4.41. The van der Waals surface area contributed by atoms with Gasteiger partial charge in [0.05, 0.1) is 0 Å². The van der Waals surface area contributed by atoms with Crippen molar-refractivity contribution in [1.82, 2.24) is 0 Å². The molecule has 0 fully saturated rings. The molecule has 0 aliphatic rings. The molecule has 0 bridgehead atoms. The minimum atomic E-state index is 0.336. The highest BCUT2D eigenvalue weighted by molar-refractivity contribution is 5.74. The topological polar surface area (TPSA) is 40.5 Å². The maximum atomic E-state index is 10.3. The fraction of sp³-hybridized carbons (Fsp3) is 0.172. The molecule has 0 unspecified atom stereocenters. The van der Waals surface area contributed by atoms with Gasteiger partial charge in [-0.2, -0.15) is 0 Å². The lowest BCUT2D eigenvalue weighted by Gasteiger charge is -2.16. The maximum absolute atomic E-state index is 10.3. The molecule has 2 nitrogen and oxygen atoms in total. The quantitative estimate of drug-likeness (QED) is 0.353. The molecule has 0 aliphatic heterocycles. The van der Waals surface area contributed by atoms with Gasteiger partial charge in [-0.05, 0) is 89.8 Å². The summed E-state index contributed by atoms with van der Waals surface area (Å²) in [5, 5.41) is 20.6. The second-order valence-electron chi connectivity index (χ2n) is 8.07. The zero-order valence-corrected chi connectivity index (χ0v) is 18.1. The molecule has 4 rings (SSSR count). The molecule has 31 heavy (non-hydrogen) atoms. The van der Waals surface area contributed by atoms with Crippen LogP contribution >= 0.6 is 0 Å². The molecular weight excluding hydrogens is 380 g/mol. The third-order valence-electron chi connectivity index (χ3n) is 6.06. The fourth-order valence-corrected chi connectivity index (χ4v) is 4.41. The second-order valence-corrected chi connectivity index (χ2v) is 8.07. The van der Waals surface area contributed by atoms with Crippen LogP contribution in [0.4, 0.5) is 0 Å². The van der Waals surface area contributed by atoms with Gasteiger partial charge in [-0.25, -0.2) is 0 Å². The van der Waals surface area contributed by atoms with Gasteiger partial charge in [0.15, 0.2) is 0 Å². The van der Waals surface area contributed by atoms with E-state index in [1.165, 1.54) is 11.1 Å². The van der Waals surface area contributed by atoms with Gasteiger partial charge in [0, 0.05) is 0 Å². The van der Waals surface area contributed by atoms with E-state index in [4.69, 9.17) is 0 Å². The van der Waals surface area contributed by atoms with E-state index in [-0.39, 0.29) is 0 Å². The largest absolute Gasteiger partial charge is 0.508 e. The van der Waals surface area contributed by atoms with Crippen molar-refractivity contribution in [3.8, 4) is 33.8 Å². The molecule has 4 aromatic carbocycles. The molecule has 0 saturated carbocycles. The summed E-state index contributed by atoms with van der Waals surface area (Å²) in [6.07, 6.45) is 2.81. The van der Waals surface area contributed by atoms with Gasteiger partial charge in [-0.1, -0.05) is 72.8 Å². The first-order chi connectivity index (χ1) is 15.1. The molecule has 0 amide bonds. The van der Waals surface area contributed by atoms with Crippen molar-refractivity contribution in [2.24, 2.45) is 0 Å². The third kappa shape index (κ3) is 4.34. The number of rotatable bonds is 6. The van der Waals surface area contributed by atoms with Gasteiger partial charge in [-0.3, -0.25) is 0 Å². The Bertz CT molecular complexity index is 1080. The van der Waals surface area contributed by atoms with E-state index in [2.05, 4.69) is 24.3 Å². The minimum Gasteiger partial charge on any atom is -0.508 e. The summed E-state index contributed by atoms with van der Waals surface area (Å²) >= 11 is 0. The van der Waals surface area contributed by atoms with Crippen molar-refractivity contribution in [3.63, 3.8) is 0 Å². The minimum absolute atomic E-state index is 0.336. The van der Waals surface area contributed by atoms with Gasteiger partial charge >= 0.3 is 0 Å². The number of phenolic OH excluding ortho intramolecular Hbond substituents is 2. The lowest BCUT2D eigenvalue weighted by atomic mass is 9.89. The highest BCUT2D eigenvalue weighted by Gasteiger charge is 2.14. The Hall–Kier alpha value is -3.52. The smallest absolute Gasteiger partial charge is 0.119 e. The summed E-state index contributed by atoms with van der Waals surface area (Å²) in [6, 6.07) is 28.3. The first kappa shape index (κ1) is 20.7. The van der Waals surface area contributed by atoms with Crippen molar-refractivity contribution < 1.29 is 10.2 Å². The Morgan fingerprint density at radius 3 is 1.29 bits per heavy atom. The van der Waals surface area contributed by atoms with Crippen LogP contribution in [0, 0.1) is 13.8 Å². The summed E-state index contributed by atoms with van der Waals surface area (Å²) < 4.78 is 0. The van der Waals surface area contributed by atoms with Crippen molar-refractivity contribution in [3.05, 3.63) is 107 Å². The van der Waals surface area contributed by atoms with Crippen molar-refractivity contribution in [1.29, 1.82) is 0 Å². The zero-order chi connectivity index (χ0) is 21.8. The average Bonchev–Trinajstić information content (AvgIpc) is 2.80. The van der Waals surface area contributed by atoms with Gasteiger partial charge in [0.25, 0.3) is 0 Å². The van der Waals surface area contributed by atoms with Crippen LogP contribution in [-0.2, 0) is 12.8 Å². The van der Waals surface area contributed by atoms with Crippen LogP contribution in [0.25, 0.3) is 22.3 Å². The van der Waals surface area contributed by atoms with E-state index in [1.54, 1.807) is 12.1 Å². The Morgan fingerprint density at radius 2 is 0.903 bits per heavy atom. The zero-order valence-electron chi connectivity index (χ0n) is 18.1. The lowest BCUT2D eigenvalue weighted by molar-refractivity contribution is 0.471. The summed E-state index contributed by atoms with van der Waals surface area (Å²) in [4.78, 5) is 0. The first-order valence-corrected chi connectivity index (χ1v) is 10.8. The van der Waals surface area contributed by atoms with E-state index in [9.17, 15) is 10.2 Å².